The lowest BCUT2D eigenvalue weighted by Crippen LogP contribution is -2.39. The third kappa shape index (κ3) is 4.16. The van der Waals surface area contributed by atoms with Crippen LogP contribution in [0.5, 0.6) is 0 Å². The van der Waals surface area contributed by atoms with Gasteiger partial charge in [-0.3, -0.25) is 9.59 Å². The molecule has 1 aliphatic rings. The summed E-state index contributed by atoms with van der Waals surface area (Å²) in [6, 6.07) is -0.275. The lowest BCUT2D eigenvalue weighted by molar-refractivity contribution is -0.136. The van der Waals surface area contributed by atoms with Crippen LogP contribution in [0.3, 0.4) is 0 Å². The van der Waals surface area contributed by atoms with Gasteiger partial charge in [0.15, 0.2) is 9.84 Å². The van der Waals surface area contributed by atoms with Crippen LogP contribution in [0.2, 0.25) is 0 Å². The van der Waals surface area contributed by atoms with Gasteiger partial charge in [-0.2, -0.15) is 0 Å². The predicted octanol–water partition coefficient (Wildman–Crippen LogP) is -0.162. The minimum absolute atomic E-state index is 0.00832. The molecule has 0 saturated carbocycles. The van der Waals surface area contributed by atoms with E-state index in [1.165, 1.54) is 11.8 Å². The maximum absolute atomic E-state index is 11.8. The number of carboxylic acid groups (broad SMARTS) is 1. The van der Waals surface area contributed by atoms with Crippen molar-refractivity contribution in [2.75, 3.05) is 24.3 Å². The maximum Gasteiger partial charge on any atom is 0.316 e. The van der Waals surface area contributed by atoms with Crippen LogP contribution >= 0.6 is 11.8 Å². The SMILES string of the molecule is CC(SCC(=O)N(C)C1CCS(=O)(=O)C1)C(=O)O. The van der Waals surface area contributed by atoms with Gasteiger partial charge >= 0.3 is 5.97 Å². The molecule has 0 radical (unpaired) electrons. The summed E-state index contributed by atoms with van der Waals surface area (Å²) in [5, 5.41) is 8.04. The molecule has 0 aromatic carbocycles. The molecule has 0 aromatic rings. The average molecular weight is 295 g/mol. The van der Waals surface area contributed by atoms with Gasteiger partial charge in [-0.15, -0.1) is 11.8 Å². The summed E-state index contributed by atoms with van der Waals surface area (Å²) in [6.07, 6.45) is 0.462. The van der Waals surface area contributed by atoms with E-state index in [0.29, 0.717) is 6.42 Å². The van der Waals surface area contributed by atoms with E-state index in [4.69, 9.17) is 5.11 Å². The highest BCUT2D eigenvalue weighted by Gasteiger charge is 2.32. The average Bonchev–Trinajstić information content (AvgIpc) is 2.64. The Morgan fingerprint density at radius 3 is 2.56 bits per heavy atom. The van der Waals surface area contributed by atoms with Crippen LogP contribution in [-0.2, 0) is 19.4 Å². The van der Waals surface area contributed by atoms with Crippen LogP contribution in [0.25, 0.3) is 0 Å². The molecular formula is C10H17NO5S2. The smallest absolute Gasteiger partial charge is 0.316 e. The van der Waals surface area contributed by atoms with E-state index in [-0.39, 0.29) is 29.2 Å². The van der Waals surface area contributed by atoms with E-state index in [2.05, 4.69) is 0 Å². The molecule has 1 amide bonds. The fraction of sp³-hybridized carbons (Fsp3) is 0.800. The normalized spacial score (nSPS) is 23.6. The molecule has 1 saturated heterocycles. The van der Waals surface area contributed by atoms with Crippen LogP contribution in [0.1, 0.15) is 13.3 Å². The van der Waals surface area contributed by atoms with Gasteiger partial charge in [0.25, 0.3) is 0 Å². The second kappa shape index (κ2) is 5.92. The van der Waals surface area contributed by atoms with Crippen molar-refractivity contribution in [2.24, 2.45) is 0 Å². The molecule has 8 heteroatoms. The highest BCUT2D eigenvalue weighted by atomic mass is 32.2. The van der Waals surface area contributed by atoms with E-state index < -0.39 is 21.1 Å². The molecule has 1 aliphatic heterocycles. The second-order valence-electron chi connectivity index (χ2n) is 4.35. The number of hydrogen-bond acceptors (Lipinski definition) is 5. The molecule has 2 unspecified atom stereocenters. The molecule has 18 heavy (non-hydrogen) atoms. The number of carbonyl (C=O) groups is 2. The molecule has 0 aromatic heterocycles. The Balaban J connectivity index is 2.45. The second-order valence-corrected chi connectivity index (χ2v) is 7.91. The largest absolute Gasteiger partial charge is 0.480 e. The van der Waals surface area contributed by atoms with Crippen LogP contribution in [0.4, 0.5) is 0 Å². The summed E-state index contributed by atoms with van der Waals surface area (Å²) < 4.78 is 22.6. The van der Waals surface area contributed by atoms with Crippen molar-refractivity contribution in [3.05, 3.63) is 0 Å². The topological polar surface area (TPSA) is 91.8 Å². The molecule has 0 bridgehead atoms. The molecule has 1 fully saturated rings. The standard InChI is InChI=1S/C10H17NO5S2/c1-7(10(13)14)17-5-9(12)11(2)8-3-4-18(15,16)6-8/h7-8H,3-6H2,1-2H3,(H,13,14). The first-order valence-electron chi connectivity index (χ1n) is 5.53. The molecule has 1 heterocycles. The third-order valence-electron chi connectivity index (χ3n) is 2.95. The Bertz CT molecular complexity index is 434. The predicted molar refractivity (Wildman–Crippen MR) is 69.4 cm³/mol. The van der Waals surface area contributed by atoms with Gasteiger partial charge in [0, 0.05) is 13.1 Å². The van der Waals surface area contributed by atoms with Gasteiger partial charge in [-0.05, 0) is 13.3 Å². The Kier molecular flexibility index (Phi) is 5.03. The minimum Gasteiger partial charge on any atom is -0.480 e. The number of carbonyl (C=O) groups excluding carboxylic acids is 1. The summed E-state index contributed by atoms with van der Waals surface area (Å²) >= 11 is 1.04. The first kappa shape index (κ1) is 15.3. The third-order valence-corrected chi connectivity index (χ3v) is 5.82. The zero-order valence-corrected chi connectivity index (χ0v) is 12.0. The van der Waals surface area contributed by atoms with Crippen molar-refractivity contribution in [3.8, 4) is 0 Å². The summed E-state index contributed by atoms with van der Waals surface area (Å²) in [4.78, 5) is 23.8. The van der Waals surface area contributed by atoms with Crippen LogP contribution in [-0.4, -0.2) is 65.9 Å². The number of rotatable bonds is 5. The fourth-order valence-electron chi connectivity index (χ4n) is 1.65. The van der Waals surface area contributed by atoms with E-state index in [1.807, 2.05) is 0 Å². The van der Waals surface area contributed by atoms with E-state index >= 15 is 0 Å². The molecule has 0 aliphatic carbocycles. The quantitative estimate of drug-likeness (QED) is 0.757. The minimum atomic E-state index is -3.01. The van der Waals surface area contributed by atoms with Gasteiger partial charge < -0.3 is 10.0 Å². The number of sulfone groups is 1. The molecule has 0 spiro atoms. The summed E-state index contributed by atoms with van der Waals surface area (Å²) in [5.74, 6) is -1.00. The van der Waals surface area contributed by atoms with Crippen molar-refractivity contribution in [1.82, 2.24) is 4.90 Å². The van der Waals surface area contributed by atoms with Crippen molar-refractivity contribution < 1.29 is 23.1 Å². The molecule has 1 N–H and O–H groups in total. The number of hydrogen-bond donors (Lipinski definition) is 1. The molecule has 2 atom stereocenters. The fourth-order valence-corrected chi connectivity index (χ4v) is 4.17. The Morgan fingerprint density at radius 1 is 1.50 bits per heavy atom. The van der Waals surface area contributed by atoms with Crippen LogP contribution in [0, 0.1) is 0 Å². The van der Waals surface area contributed by atoms with Gasteiger partial charge in [0.1, 0.15) is 0 Å². The first-order chi connectivity index (χ1) is 8.23. The Morgan fingerprint density at radius 2 is 2.11 bits per heavy atom. The van der Waals surface area contributed by atoms with Crippen LogP contribution in [0.15, 0.2) is 0 Å². The van der Waals surface area contributed by atoms with Crippen LogP contribution < -0.4 is 0 Å². The number of amides is 1. The van der Waals surface area contributed by atoms with Gasteiger partial charge in [-0.1, -0.05) is 0 Å². The van der Waals surface area contributed by atoms with Crippen molar-refractivity contribution in [2.45, 2.75) is 24.6 Å². The van der Waals surface area contributed by atoms with Crippen molar-refractivity contribution in [3.63, 3.8) is 0 Å². The monoisotopic (exact) mass is 295 g/mol. The molecule has 104 valence electrons. The lowest BCUT2D eigenvalue weighted by Gasteiger charge is -2.23. The number of nitrogens with zero attached hydrogens (tertiary/aromatic N) is 1. The Hall–Kier alpha value is -0.760. The summed E-state index contributed by atoms with van der Waals surface area (Å²) in [7, 11) is -1.44. The number of aliphatic carboxylic acids is 1. The van der Waals surface area contributed by atoms with Gasteiger partial charge in [0.05, 0.1) is 22.5 Å². The van der Waals surface area contributed by atoms with Gasteiger partial charge in [0.2, 0.25) is 5.91 Å². The highest BCUT2D eigenvalue weighted by Crippen LogP contribution is 2.18. The number of thioether (sulfide) groups is 1. The number of carboxylic acids is 1. The highest BCUT2D eigenvalue weighted by molar-refractivity contribution is 8.01. The van der Waals surface area contributed by atoms with E-state index in [0.717, 1.165) is 11.8 Å². The summed E-state index contributed by atoms with van der Waals surface area (Å²) in [5.41, 5.74) is 0. The molecular weight excluding hydrogens is 278 g/mol. The van der Waals surface area contributed by atoms with Gasteiger partial charge in [-0.25, -0.2) is 8.42 Å². The van der Waals surface area contributed by atoms with E-state index in [1.54, 1.807) is 7.05 Å². The van der Waals surface area contributed by atoms with Crippen molar-refractivity contribution >= 4 is 33.5 Å². The molecule has 1 rings (SSSR count). The zero-order chi connectivity index (χ0) is 13.9. The lowest BCUT2D eigenvalue weighted by atomic mass is 10.2. The first-order valence-corrected chi connectivity index (χ1v) is 8.40. The molecule has 6 nitrogen and oxygen atoms in total. The maximum atomic E-state index is 11.8. The zero-order valence-electron chi connectivity index (χ0n) is 10.3. The summed E-state index contributed by atoms with van der Waals surface area (Å²) in [6.45, 7) is 1.51. The van der Waals surface area contributed by atoms with Crippen molar-refractivity contribution in [1.29, 1.82) is 0 Å². The van der Waals surface area contributed by atoms with E-state index in [9.17, 15) is 18.0 Å². The Labute approximate surface area is 111 Å².